The fourth-order valence-corrected chi connectivity index (χ4v) is 1.28. The van der Waals surface area contributed by atoms with Crippen molar-refractivity contribution in [3.63, 3.8) is 0 Å². The van der Waals surface area contributed by atoms with Gasteiger partial charge in [0, 0.05) is 18.0 Å². The summed E-state index contributed by atoms with van der Waals surface area (Å²) in [5, 5.41) is 11.3. The summed E-state index contributed by atoms with van der Waals surface area (Å²) in [4.78, 5) is 11.2. The molecule has 98 valence electrons. The van der Waals surface area contributed by atoms with E-state index < -0.39 is 18.2 Å². The number of aliphatic hydroxyl groups is 1. The first kappa shape index (κ1) is 14.1. The second kappa shape index (κ2) is 5.60. The second-order valence-electron chi connectivity index (χ2n) is 3.54. The van der Waals surface area contributed by atoms with E-state index in [-0.39, 0.29) is 18.7 Å². The van der Waals surface area contributed by atoms with Crippen molar-refractivity contribution < 1.29 is 23.1 Å². The molecule has 0 bridgehead atoms. The third-order valence-corrected chi connectivity index (χ3v) is 2.11. The van der Waals surface area contributed by atoms with E-state index >= 15 is 0 Å². The summed E-state index contributed by atoms with van der Waals surface area (Å²) in [5.41, 5.74) is -0.313. The number of halogens is 3. The molecule has 1 heterocycles. The van der Waals surface area contributed by atoms with Crippen LogP contribution in [0.2, 0.25) is 0 Å². The quantitative estimate of drug-likeness (QED) is 0.788. The Bertz CT molecular complexity index is 460. The molecular weight excluding hydrogens is 249 g/mol. The zero-order chi connectivity index (χ0) is 13.8. The number of rotatable bonds is 4. The molecule has 0 saturated heterocycles. The maximum atomic E-state index is 12.2. The van der Waals surface area contributed by atoms with Gasteiger partial charge < -0.3 is 15.0 Å². The number of amides is 1. The molecule has 1 aromatic rings. The maximum Gasteiger partial charge on any atom is 0.418 e. The lowest BCUT2D eigenvalue weighted by molar-refractivity contribution is -0.206. The van der Waals surface area contributed by atoms with Crippen LogP contribution < -0.4 is 5.32 Å². The molecule has 0 radical (unpaired) electrons. The largest absolute Gasteiger partial charge is 0.418 e. The van der Waals surface area contributed by atoms with Gasteiger partial charge in [0.25, 0.3) is 0 Å². The fourth-order valence-electron chi connectivity index (χ4n) is 1.28. The van der Waals surface area contributed by atoms with E-state index in [1.165, 1.54) is 10.8 Å². The molecule has 0 aliphatic carbocycles. The summed E-state index contributed by atoms with van der Waals surface area (Å²) in [6, 6.07) is 1.10. The molecule has 18 heavy (non-hydrogen) atoms. The topological polar surface area (TPSA) is 54.3 Å². The van der Waals surface area contributed by atoms with Crippen molar-refractivity contribution in [1.82, 2.24) is 9.88 Å². The van der Waals surface area contributed by atoms with Crippen LogP contribution in [-0.4, -0.2) is 28.3 Å². The van der Waals surface area contributed by atoms with Crippen molar-refractivity contribution in [1.29, 1.82) is 0 Å². The molecule has 1 rings (SSSR count). The fraction of sp³-hybridized carbons (Fsp3) is 0.364. The number of carbonyl (C=O) groups excluding carboxylic acids is 1. The van der Waals surface area contributed by atoms with Gasteiger partial charge in [-0.25, -0.2) is 0 Å². The van der Waals surface area contributed by atoms with Gasteiger partial charge in [0.05, 0.1) is 6.54 Å². The van der Waals surface area contributed by atoms with Gasteiger partial charge in [-0.05, 0) is 6.07 Å². The van der Waals surface area contributed by atoms with Gasteiger partial charge in [-0.15, -0.1) is 6.42 Å². The SMILES string of the molecule is C#CCNC(=O)Cn1ccc(C(O)C(F)(F)F)c1. The van der Waals surface area contributed by atoms with Crippen molar-refractivity contribution >= 4 is 5.91 Å². The zero-order valence-corrected chi connectivity index (χ0v) is 9.24. The summed E-state index contributed by atoms with van der Waals surface area (Å²) in [5.74, 6) is 1.78. The second-order valence-corrected chi connectivity index (χ2v) is 3.54. The lowest BCUT2D eigenvalue weighted by Gasteiger charge is -2.12. The van der Waals surface area contributed by atoms with Gasteiger partial charge in [0.1, 0.15) is 6.54 Å². The number of hydrogen-bond donors (Lipinski definition) is 2. The van der Waals surface area contributed by atoms with Crippen LogP contribution in [0.4, 0.5) is 13.2 Å². The van der Waals surface area contributed by atoms with Gasteiger partial charge in [0.15, 0.2) is 6.10 Å². The van der Waals surface area contributed by atoms with Crippen LogP contribution in [0.1, 0.15) is 11.7 Å². The van der Waals surface area contributed by atoms with Crippen LogP contribution in [0.3, 0.4) is 0 Å². The lowest BCUT2D eigenvalue weighted by atomic mass is 10.2. The number of aromatic nitrogens is 1. The highest BCUT2D eigenvalue weighted by Crippen LogP contribution is 2.32. The predicted molar refractivity (Wildman–Crippen MR) is 57.3 cm³/mol. The monoisotopic (exact) mass is 260 g/mol. The molecule has 1 atom stereocenters. The van der Waals surface area contributed by atoms with Crippen molar-refractivity contribution in [3.8, 4) is 12.3 Å². The van der Waals surface area contributed by atoms with Crippen LogP contribution in [0.15, 0.2) is 18.5 Å². The van der Waals surface area contributed by atoms with E-state index in [1.54, 1.807) is 0 Å². The number of aliphatic hydroxyl groups excluding tert-OH is 1. The number of alkyl halides is 3. The molecule has 1 amide bonds. The first-order chi connectivity index (χ1) is 8.34. The zero-order valence-electron chi connectivity index (χ0n) is 9.24. The summed E-state index contributed by atoms with van der Waals surface area (Å²) in [6.45, 7) is -0.107. The van der Waals surface area contributed by atoms with E-state index in [2.05, 4.69) is 11.2 Å². The van der Waals surface area contributed by atoms with Crippen molar-refractivity contribution in [2.75, 3.05) is 6.54 Å². The minimum atomic E-state index is -4.72. The highest BCUT2D eigenvalue weighted by molar-refractivity contribution is 5.76. The Morgan fingerprint density at radius 2 is 2.28 bits per heavy atom. The normalized spacial score (nSPS) is 12.8. The van der Waals surface area contributed by atoms with Gasteiger partial charge >= 0.3 is 6.18 Å². The maximum absolute atomic E-state index is 12.2. The number of terminal acetylenes is 1. The average molecular weight is 260 g/mol. The first-order valence-electron chi connectivity index (χ1n) is 4.95. The van der Waals surface area contributed by atoms with Gasteiger partial charge in [-0.3, -0.25) is 4.79 Å². The molecule has 1 unspecified atom stereocenters. The Morgan fingerprint density at radius 1 is 1.61 bits per heavy atom. The van der Waals surface area contributed by atoms with Gasteiger partial charge in [-0.1, -0.05) is 5.92 Å². The predicted octanol–water partition coefficient (Wildman–Crippen LogP) is 0.833. The molecule has 1 aromatic heterocycles. The molecule has 0 fully saturated rings. The summed E-state index contributed by atoms with van der Waals surface area (Å²) < 4.78 is 37.9. The molecule has 0 spiro atoms. The standard InChI is InChI=1S/C11H11F3N2O2/c1-2-4-15-9(17)7-16-5-3-8(6-16)10(18)11(12,13)14/h1,3,5-6,10,18H,4,7H2,(H,15,17). The van der Waals surface area contributed by atoms with Crippen LogP contribution in [0.5, 0.6) is 0 Å². The van der Waals surface area contributed by atoms with Crippen LogP contribution in [0, 0.1) is 12.3 Å². The molecule has 4 nitrogen and oxygen atoms in total. The highest BCUT2D eigenvalue weighted by Gasteiger charge is 2.39. The van der Waals surface area contributed by atoms with E-state index in [4.69, 9.17) is 11.5 Å². The third-order valence-electron chi connectivity index (χ3n) is 2.11. The Labute approximate surface area is 101 Å². The minimum Gasteiger partial charge on any atom is -0.379 e. The lowest BCUT2D eigenvalue weighted by Crippen LogP contribution is -2.27. The Hall–Kier alpha value is -1.94. The third kappa shape index (κ3) is 3.82. The molecular formula is C11H11F3N2O2. The van der Waals surface area contributed by atoms with E-state index in [0.717, 1.165) is 12.3 Å². The smallest absolute Gasteiger partial charge is 0.379 e. The van der Waals surface area contributed by atoms with E-state index in [0.29, 0.717) is 0 Å². The Balaban J connectivity index is 2.64. The summed E-state index contributed by atoms with van der Waals surface area (Å²) >= 11 is 0. The summed E-state index contributed by atoms with van der Waals surface area (Å²) in [7, 11) is 0. The molecule has 7 heteroatoms. The highest BCUT2D eigenvalue weighted by atomic mass is 19.4. The number of nitrogens with zero attached hydrogens (tertiary/aromatic N) is 1. The van der Waals surface area contributed by atoms with Crippen LogP contribution >= 0.6 is 0 Å². The number of carbonyl (C=O) groups is 1. The summed E-state index contributed by atoms with van der Waals surface area (Å²) in [6.07, 6.45) is 0.0000649. The van der Waals surface area contributed by atoms with E-state index in [1.807, 2.05) is 0 Å². The van der Waals surface area contributed by atoms with E-state index in [9.17, 15) is 18.0 Å². The molecule has 0 aliphatic heterocycles. The van der Waals surface area contributed by atoms with Crippen LogP contribution in [0.25, 0.3) is 0 Å². The van der Waals surface area contributed by atoms with Crippen LogP contribution in [-0.2, 0) is 11.3 Å². The molecule has 0 aliphatic rings. The number of nitrogens with one attached hydrogen (secondary N) is 1. The van der Waals surface area contributed by atoms with Gasteiger partial charge in [0.2, 0.25) is 5.91 Å². The molecule has 2 N–H and O–H groups in total. The van der Waals surface area contributed by atoms with Crippen molar-refractivity contribution in [3.05, 3.63) is 24.0 Å². The van der Waals surface area contributed by atoms with Crippen molar-refractivity contribution in [2.45, 2.75) is 18.8 Å². The minimum absolute atomic E-state index is 0.0537. The Kier molecular flexibility index (Phi) is 4.39. The Morgan fingerprint density at radius 3 is 2.83 bits per heavy atom. The first-order valence-corrected chi connectivity index (χ1v) is 4.95. The number of hydrogen-bond acceptors (Lipinski definition) is 2. The van der Waals surface area contributed by atoms with Gasteiger partial charge in [-0.2, -0.15) is 13.2 Å². The molecule has 0 aromatic carbocycles. The average Bonchev–Trinajstić information content (AvgIpc) is 2.72. The van der Waals surface area contributed by atoms with Crippen molar-refractivity contribution in [2.24, 2.45) is 0 Å². The molecule has 0 saturated carbocycles.